The molecule has 162 valence electrons. The highest BCUT2D eigenvalue weighted by molar-refractivity contribution is 7.77. The first-order chi connectivity index (χ1) is 15.5. The molecule has 32 heavy (non-hydrogen) atoms. The summed E-state index contributed by atoms with van der Waals surface area (Å²) in [7, 11) is 0. The molecule has 0 amide bonds. The van der Waals surface area contributed by atoms with E-state index >= 15 is 0 Å². The number of ketones is 1. The van der Waals surface area contributed by atoms with Gasteiger partial charge in [-0.2, -0.15) is 0 Å². The van der Waals surface area contributed by atoms with E-state index in [1.807, 2.05) is 18.2 Å². The Morgan fingerprint density at radius 2 is 1.91 bits per heavy atom. The SMILES string of the molecule is O=C(c1cc(F)cc(CCCNS(=O)[O-])c1)c1ccc2ncc(-c3cccnc3)cc2c1. The van der Waals surface area contributed by atoms with Crippen molar-refractivity contribution < 1.29 is 17.9 Å². The minimum absolute atomic E-state index is 0.243. The van der Waals surface area contributed by atoms with Gasteiger partial charge in [0.25, 0.3) is 0 Å². The molecule has 0 aliphatic heterocycles. The fourth-order valence-electron chi connectivity index (χ4n) is 3.50. The molecule has 0 aliphatic rings. The van der Waals surface area contributed by atoms with Crippen LogP contribution in [0.3, 0.4) is 0 Å². The van der Waals surface area contributed by atoms with Gasteiger partial charge in [-0.25, -0.2) is 9.11 Å². The van der Waals surface area contributed by atoms with Crippen LogP contribution in [0.2, 0.25) is 0 Å². The van der Waals surface area contributed by atoms with Crippen molar-refractivity contribution in [3.05, 3.63) is 95.7 Å². The van der Waals surface area contributed by atoms with Crippen molar-refractivity contribution in [2.75, 3.05) is 6.54 Å². The molecular weight excluding hydrogens is 429 g/mol. The summed E-state index contributed by atoms with van der Waals surface area (Å²) in [6.07, 6.45) is 6.14. The number of pyridine rings is 2. The lowest BCUT2D eigenvalue weighted by atomic mass is 9.97. The summed E-state index contributed by atoms with van der Waals surface area (Å²) < 4.78 is 37.5. The Morgan fingerprint density at radius 3 is 2.69 bits per heavy atom. The van der Waals surface area contributed by atoms with Crippen molar-refractivity contribution in [3.63, 3.8) is 0 Å². The van der Waals surface area contributed by atoms with Gasteiger partial charge in [0.05, 0.1) is 5.52 Å². The van der Waals surface area contributed by atoms with Gasteiger partial charge in [0.2, 0.25) is 0 Å². The first kappa shape index (κ1) is 21.9. The standard InChI is InChI=1S/C24H20FN3O3S/c25-22-10-16(3-1-8-28-32(30)31)9-20(13-22)24(29)17-5-6-23-19(11-17)12-21(15-27-23)18-4-2-7-26-14-18/h2,4-7,9-15,28H,1,3,8H2,(H,30,31)/p-1. The quantitative estimate of drug-likeness (QED) is 0.250. The van der Waals surface area contributed by atoms with Crippen LogP contribution in [-0.2, 0) is 17.7 Å². The van der Waals surface area contributed by atoms with E-state index in [1.54, 1.807) is 42.9 Å². The van der Waals surface area contributed by atoms with Gasteiger partial charge < -0.3 is 4.55 Å². The molecule has 1 N–H and O–H groups in total. The summed E-state index contributed by atoms with van der Waals surface area (Å²) in [5.74, 6) is -0.800. The number of halogens is 1. The van der Waals surface area contributed by atoms with Crippen LogP contribution in [0, 0.1) is 5.82 Å². The third kappa shape index (κ3) is 5.28. The fraction of sp³-hybridized carbons (Fsp3) is 0.125. The average Bonchev–Trinajstić information content (AvgIpc) is 2.81. The lowest BCUT2D eigenvalue weighted by Gasteiger charge is -2.09. The predicted molar refractivity (Wildman–Crippen MR) is 120 cm³/mol. The molecule has 0 saturated carbocycles. The molecule has 1 unspecified atom stereocenters. The van der Waals surface area contributed by atoms with Crippen LogP contribution in [0.25, 0.3) is 22.0 Å². The highest BCUT2D eigenvalue weighted by atomic mass is 32.2. The zero-order valence-electron chi connectivity index (χ0n) is 17.0. The van der Waals surface area contributed by atoms with Crippen LogP contribution < -0.4 is 4.72 Å². The van der Waals surface area contributed by atoms with Gasteiger partial charge in [0, 0.05) is 64.0 Å². The third-order valence-corrected chi connectivity index (χ3v) is 5.46. The summed E-state index contributed by atoms with van der Waals surface area (Å²) >= 11 is -2.33. The molecule has 0 radical (unpaired) electrons. The Labute approximate surface area is 187 Å². The van der Waals surface area contributed by atoms with E-state index in [0.29, 0.717) is 24.0 Å². The number of aromatic nitrogens is 2. The van der Waals surface area contributed by atoms with Crippen molar-refractivity contribution in [1.29, 1.82) is 0 Å². The molecule has 1 atom stereocenters. The summed E-state index contributed by atoms with van der Waals surface area (Å²) in [4.78, 5) is 21.7. The molecule has 4 rings (SSSR count). The topological polar surface area (TPSA) is 95.0 Å². The second-order valence-corrected chi connectivity index (χ2v) is 8.04. The minimum Gasteiger partial charge on any atom is -0.760 e. The Hall–Kier alpha value is -3.33. The molecule has 8 heteroatoms. The largest absolute Gasteiger partial charge is 0.760 e. The molecule has 4 aromatic rings. The molecular formula is C24H19FN3O3S-. The van der Waals surface area contributed by atoms with Gasteiger partial charge in [0.15, 0.2) is 5.78 Å². The normalized spacial score (nSPS) is 12.1. The number of fused-ring (bicyclic) bond motifs is 1. The van der Waals surface area contributed by atoms with Crippen LogP contribution in [0.1, 0.15) is 27.9 Å². The molecule has 0 saturated heterocycles. The number of hydrogen-bond donors (Lipinski definition) is 1. The van der Waals surface area contributed by atoms with Gasteiger partial charge in [-0.1, -0.05) is 6.07 Å². The number of carbonyl (C=O) groups is 1. The number of nitrogens with zero attached hydrogens (tertiary/aromatic N) is 2. The van der Waals surface area contributed by atoms with E-state index in [1.165, 1.54) is 12.1 Å². The maximum atomic E-state index is 14.2. The number of benzene rings is 2. The molecule has 0 bridgehead atoms. The van der Waals surface area contributed by atoms with E-state index in [-0.39, 0.29) is 17.9 Å². The first-order valence-corrected chi connectivity index (χ1v) is 11.0. The summed E-state index contributed by atoms with van der Waals surface area (Å²) in [5.41, 5.74) is 3.86. The highest BCUT2D eigenvalue weighted by Gasteiger charge is 2.13. The first-order valence-electron chi connectivity index (χ1n) is 9.97. The Balaban J connectivity index is 1.59. The molecule has 0 fully saturated rings. The van der Waals surface area contributed by atoms with Crippen LogP contribution in [0.15, 0.2) is 73.2 Å². The smallest absolute Gasteiger partial charge is 0.193 e. The fourth-order valence-corrected chi connectivity index (χ4v) is 3.82. The molecule has 6 nitrogen and oxygen atoms in total. The molecule has 2 aromatic heterocycles. The number of aryl methyl sites for hydroxylation is 1. The average molecular weight is 448 g/mol. The van der Waals surface area contributed by atoms with Gasteiger partial charge in [-0.3, -0.25) is 19.0 Å². The monoisotopic (exact) mass is 448 g/mol. The van der Waals surface area contributed by atoms with Crippen LogP contribution in [0.5, 0.6) is 0 Å². The van der Waals surface area contributed by atoms with Crippen molar-refractivity contribution >= 4 is 28.0 Å². The van der Waals surface area contributed by atoms with E-state index in [4.69, 9.17) is 0 Å². The lowest BCUT2D eigenvalue weighted by Crippen LogP contribution is -2.18. The van der Waals surface area contributed by atoms with E-state index in [9.17, 15) is 17.9 Å². The van der Waals surface area contributed by atoms with E-state index < -0.39 is 17.1 Å². The zero-order chi connectivity index (χ0) is 22.5. The molecule has 0 spiro atoms. The third-order valence-electron chi connectivity index (χ3n) is 5.02. The minimum atomic E-state index is -2.33. The van der Waals surface area contributed by atoms with Crippen molar-refractivity contribution in [2.45, 2.75) is 12.8 Å². The Morgan fingerprint density at radius 1 is 1.03 bits per heavy atom. The maximum Gasteiger partial charge on any atom is 0.193 e. The Kier molecular flexibility index (Phi) is 6.75. The Bertz CT molecular complexity index is 1300. The van der Waals surface area contributed by atoms with E-state index in [0.717, 1.165) is 22.0 Å². The van der Waals surface area contributed by atoms with Crippen LogP contribution in [-0.4, -0.2) is 31.1 Å². The second-order valence-electron chi connectivity index (χ2n) is 7.28. The lowest BCUT2D eigenvalue weighted by molar-refractivity contribution is 0.103. The van der Waals surface area contributed by atoms with Crippen molar-refractivity contribution in [3.8, 4) is 11.1 Å². The number of carbonyl (C=O) groups excluding carboxylic acids is 1. The number of hydrogen-bond acceptors (Lipinski definition) is 5. The zero-order valence-corrected chi connectivity index (χ0v) is 17.8. The molecule has 0 aliphatic carbocycles. The van der Waals surface area contributed by atoms with Crippen molar-refractivity contribution in [2.24, 2.45) is 0 Å². The predicted octanol–water partition coefficient (Wildman–Crippen LogP) is 3.98. The van der Waals surface area contributed by atoms with Gasteiger partial charge in [0.1, 0.15) is 5.82 Å². The van der Waals surface area contributed by atoms with Crippen molar-refractivity contribution in [1.82, 2.24) is 14.7 Å². The van der Waals surface area contributed by atoms with Gasteiger partial charge in [-0.05, 0) is 66.9 Å². The molecule has 2 aromatic carbocycles. The summed E-state index contributed by atoms with van der Waals surface area (Å²) in [6.45, 7) is 0.243. The van der Waals surface area contributed by atoms with Gasteiger partial charge >= 0.3 is 0 Å². The maximum absolute atomic E-state index is 14.2. The van der Waals surface area contributed by atoms with E-state index in [2.05, 4.69) is 14.7 Å². The molecule has 2 heterocycles. The number of nitrogens with one attached hydrogen (secondary N) is 1. The second kappa shape index (κ2) is 9.86. The van der Waals surface area contributed by atoms with Crippen LogP contribution in [0.4, 0.5) is 4.39 Å². The summed E-state index contributed by atoms with van der Waals surface area (Å²) in [5, 5.41) is 0.797. The number of rotatable bonds is 8. The van der Waals surface area contributed by atoms with Crippen LogP contribution >= 0.6 is 0 Å². The highest BCUT2D eigenvalue weighted by Crippen LogP contribution is 2.24. The van der Waals surface area contributed by atoms with Gasteiger partial charge in [-0.15, -0.1) is 0 Å². The summed E-state index contributed by atoms with van der Waals surface area (Å²) in [6, 6.07) is 15.1.